The number of aromatic nitrogens is 1. The zero-order valence-corrected chi connectivity index (χ0v) is 24.3. The van der Waals surface area contributed by atoms with Gasteiger partial charge in [-0.3, -0.25) is 4.79 Å². The van der Waals surface area contributed by atoms with E-state index in [2.05, 4.69) is 67.2 Å². The Balaban J connectivity index is 1.57. The van der Waals surface area contributed by atoms with Gasteiger partial charge in [0.15, 0.2) is 6.20 Å². The van der Waals surface area contributed by atoms with Crippen LogP contribution < -0.4 is 14.6 Å². The van der Waals surface area contributed by atoms with Crippen molar-refractivity contribution < 1.29 is 14.1 Å². The monoisotopic (exact) mass is 521 g/mol. The summed E-state index contributed by atoms with van der Waals surface area (Å²) in [5, 5.41) is 6.30. The molecule has 1 aromatic heterocycles. The summed E-state index contributed by atoms with van der Waals surface area (Å²) in [4.78, 5) is 12.9. The third-order valence-corrected chi connectivity index (χ3v) is 7.66. The van der Waals surface area contributed by atoms with Crippen LogP contribution in [-0.2, 0) is 23.7 Å². The van der Waals surface area contributed by atoms with Crippen LogP contribution in [0.15, 0.2) is 54.0 Å². The molecule has 0 spiro atoms. The van der Waals surface area contributed by atoms with E-state index in [1.54, 1.807) is 11.3 Å². The summed E-state index contributed by atoms with van der Waals surface area (Å²) >= 11 is 1.69. The smallest absolute Gasteiger partial charge is 0.268 e. The van der Waals surface area contributed by atoms with Crippen LogP contribution >= 0.6 is 11.3 Å². The summed E-state index contributed by atoms with van der Waals surface area (Å²) in [6.45, 7) is 9.60. The molecule has 2 aromatic carbocycles. The highest BCUT2D eigenvalue weighted by atomic mass is 32.1. The number of rotatable bonds is 14. The molecule has 0 atom stereocenters. The Morgan fingerprint density at radius 2 is 1.70 bits per heavy atom. The zero-order valence-electron chi connectivity index (χ0n) is 23.4. The van der Waals surface area contributed by atoms with Crippen molar-refractivity contribution in [3.63, 3.8) is 0 Å². The number of carbonyl (C=O) groups is 1. The van der Waals surface area contributed by atoms with E-state index in [9.17, 15) is 4.79 Å². The number of hydrogen-bond acceptors (Lipinski definition) is 3. The largest absolute Gasteiger partial charge is 0.493 e. The van der Waals surface area contributed by atoms with E-state index in [-0.39, 0.29) is 11.3 Å². The highest BCUT2D eigenvalue weighted by Crippen LogP contribution is 2.33. The average Bonchev–Trinajstić information content (AvgIpc) is 3.28. The molecule has 4 nitrogen and oxygen atoms in total. The molecule has 0 saturated carbocycles. The number of anilines is 1. The van der Waals surface area contributed by atoms with Gasteiger partial charge in [-0.2, -0.15) is 4.57 Å². The van der Waals surface area contributed by atoms with Crippen molar-refractivity contribution in [2.24, 2.45) is 7.05 Å². The predicted molar refractivity (Wildman–Crippen MR) is 157 cm³/mol. The molecule has 3 aromatic rings. The Bertz CT molecular complexity index is 1130. The van der Waals surface area contributed by atoms with Gasteiger partial charge in [0, 0.05) is 5.69 Å². The van der Waals surface area contributed by atoms with E-state index in [1.165, 1.54) is 50.5 Å². The van der Waals surface area contributed by atoms with Gasteiger partial charge in [-0.15, -0.1) is 0 Å². The SMILES string of the molecule is CCCCCCCCCCOc1cc(CC(=O)Nc2cccc(-c3scc[n+]3C)c2)ccc1C(C)(C)C. The minimum Gasteiger partial charge on any atom is -0.493 e. The Kier molecular flexibility index (Phi) is 11.2. The molecule has 1 heterocycles. The molecule has 1 N–H and O–H groups in total. The van der Waals surface area contributed by atoms with Crippen molar-refractivity contribution in [1.82, 2.24) is 0 Å². The van der Waals surface area contributed by atoms with Crippen molar-refractivity contribution in [2.75, 3.05) is 11.9 Å². The Hall–Kier alpha value is -2.66. The van der Waals surface area contributed by atoms with Gasteiger partial charge < -0.3 is 10.1 Å². The van der Waals surface area contributed by atoms with Gasteiger partial charge >= 0.3 is 0 Å². The standard InChI is InChI=1S/C32H44N2O2S/c1-6-7-8-9-10-11-12-13-20-36-29-22-25(17-18-28(29)32(2,3)4)23-30(35)33-27-16-14-15-26(24-27)31-34(5)19-21-37-31/h14-19,21-22,24H,6-13,20,23H2,1-5H3/p+1. The Morgan fingerprint density at radius 3 is 2.38 bits per heavy atom. The molecule has 0 fully saturated rings. The molecule has 0 saturated heterocycles. The first-order valence-electron chi connectivity index (χ1n) is 13.9. The van der Waals surface area contributed by atoms with Gasteiger partial charge in [-0.25, -0.2) is 0 Å². The first kappa shape index (κ1) is 28.9. The number of aryl methyl sites for hydroxylation is 1. The van der Waals surface area contributed by atoms with Crippen LogP contribution in [0.25, 0.3) is 10.6 Å². The minimum absolute atomic E-state index is 0.0201. The van der Waals surface area contributed by atoms with Gasteiger partial charge in [0.25, 0.3) is 5.01 Å². The van der Waals surface area contributed by atoms with Gasteiger partial charge in [-0.05, 0) is 47.2 Å². The van der Waals surface area contributed by atoms with Crippen LogP contribution in [0.1, 0.15) is 90.2 Å². The van der Waals surface area contributed by atoms with E-state index in [4.69, 9.17) is 4.74 Å². The summed E-state index contributed by atoms with van der Waals surface area (Å²) in [5.74, 6) is 0.887. The van der Waals surface area contributed by atoms with Crippen molar-refractivity contribution in [3.8, 4) is 16.3 Å². The first-order chi connectivity index (χ1) is 17.8. The fourth-order valence-electron chi connectivity index (χ4n) is 4.56. The normalized spacial score (nSPS) is 11.5. The second-order valence-electron chi connectivity index (χ2n) is 11.0. The van der Waals surface area contributed by atoms with E-state index in [1.807, 2.05) is 31.4 Å². The van der Waals surface area contributed by atoms with Crippen molar-refractivity contribution in [1.29, 1.82) is 0 Å². The van der Waals surface area contributed by atoms with Gasteiger partial charge in [-0.1, -0.05) is 102 Å². The quantitative estimate of drug-likeness (QED) is 0.171. The van der Waals surface area contributed by atoms with Crippen molar-refractivity contribution >= 4 is 22.9 Å². The second kappa shape index (κ2) is 14.3. The van der Waals surface area contributed by atoms with Gasteiger partial charge in [0.05, 0.1) is 24.0 Å². The predicted octanol–water partition coefficient (Wildman–Crippen LogP) is 8.24. The van der Waals surface area contributed by atoms with E-state index < -0.39 is 0 Å². The first-order valence-corrected chi connectivity index (χ1v) is 14.8. The number of nitrogens with one attached hydrogen (secondary N) is 1. The molecule has 0 aliphatic heterocycles. The number of nitrogens with zero attached hydrogens (tertiary/aromatic N) is 1. The molecular weight excluding hydrogens is 476 g/mol. The molecule has 0 aliphatic rings. The topological polar surface area (TPSA) is 42.2 Å². The lowest BCUT2D eigenvalue weighted by Gasteiger charge is -2.23. The number of carbonyl (C=O) groups excluding carboxylic acids is 1. The highest BCUT2D eigenvalue weighted by molar-refractivity contribution is 7.12. The summed E-state index contributed by atoms with van der Waals surface area (Å²) in [7, 11) is 2.03. The van der Waals surface area contributed by atoms with Crippen LogP contribution in [0.2, 0.25) is 0 Å². The minimum atomic E-state index is -0.0229. The molecule has 0 radical (unpaired) electrons. The Labute approximate surface area is 228 Å². The number of thiazole rings is 1. The van der Waals surface area contributed by atoms with Crippen LogP contribution in [0.4, 0.5) is 5.69 Å². The number of amides is 1. The summed E-state index contributed by atoms with van der Waals surface area (Å²) in [5.41, 5.74) is 4.05. The number of hydrogen-bond donors (Lipinski definition) is 1. The molecule has 0 bridgehead atoms. The molecule has 37 heavy (non-hydrogen) atoms. The van der Waals surface area contributed by atoms with Crippen molar-refractivity contribution in [3.05, 3.63) is 65.2 Å². The number of benzene rings is 2. The zero-order chi connectivity index (χ0) is 26.7. The van der Waals surface area contributed by atoms with E-state index in [0.717, 1.165) is 40.6 Å². The fraction of sp³-hybridized carbons (Fsp3) is 0.500. The third kappa shape index (κ3) is 9.30. The lowest BCUT2D eigenvalue weighted by molar-refractivity contribution is -0.655. The summed E-state index contributed by atoms with van der Waals surface area (Å²) in [6.07, 6.45) is 12.6. The van der Waals surface area contributed by atoms with Gasteiger partial charge in [0.1, 0.15) is 12.8 Å². The lowest BCUT2D eigenvalue weighted by Crippen LogP contribution is -2.26. The number of ether oxygens (including phenoxy) is 1. The molecule has 1 amide bonds. The van der Waals surface area contributed by atoms with Gasteiger partial charge in [0.2, 0.25) is 5.91 Å². The average molecular weight is 522 g/mol. The Morgan fingerprint density at radius 1 is 0.973 bits per heavy atom. The van der Waals surface area contributed by atoms with E-state index in [0.29, 0.717) is 6.42 Å². The molecule has 0 unspecified atom stereocenters. The maximum absolute atomic E-state index is 12.9. The maximum atomic E-state index is 12.9. The summed E-state index contributed by atoms with van der Waals surface area (Å²) < 4.78 is 8.38. The molecule has 3 rings (SSSR count). The van der Waals surface area contributed by atoms with E-state index >= 15 is 0 Å². The molecular formula is C32H45N2O2S+. The van der Waals surface area contributed by atoms with Crippen LogP contribution in [-0.4, -0.2) is 12.5 Å². The van der Waals surface area contributed by atoms with Crippen molar-refractivity contribution in [2.45, 2.75) is 90.9 Å². The van der Waals surface area contributed by atoms with Crippen LogP contribution in [0.5, 0.6) is 5.75 Å². The third-order valence-electron chi connectivity index (χ3n) is 6.65. The fourth-order valence-corrected chi connectivity index (χ4v) is 5.43. The molecule has 200 valence electrons. The molecule has 0 aliphatic carbocycles. The lowest BCUT2D eigenvalue weighted by atomic mass is 9.85. The summed E-state index contributed by atoms with van der Waals surface area (Å²) in [6, 6.07) is 14.3. The number of unbranched alkanes of at least 4 members (excludes halogenated alkanes) is 7. The van der Waals surface area contributed by atoms with Crippen LogP contribution in [0.3, 0.4) is 0 Å². The maximum Gasteiger partial charge on any atom is 0.268 e. The molecule has 5 heteroatoms. The van der Waals surface area contributed by atoms with Crippen LogP contribution in [0, 0.1) is 0 Å². The second-order valence-corrected chi connectivity index (χ2v) is 11.9. The highest BCUT2D eigenvalue weighted by Gasteiger charge is 2.20.